The van der Waals surface area contributed by atoms with Gasteiger partial charge in [0.15, 0.2) is 0 Å². The highest BCUT2D eigenvalue weighted by Gasteiger charge is 2.28. The maximum absolute atomic E-state index is 14.0. The lowest BCUT2D eigenvalue weighted by molar-refractivity contribution is 0.304. The second kappa shape index (κ2) is 13.0. The highest BCUT2D eigenvalue weighted by molar-refractivity contribution is 7.98. The van der Waals surface area contributed by atoms with Crippen molar-refractivity contribution in [3.05, 3.63) is 48.7 Å². The SMILES string of the molecule is CCCCCCCOc1ccc(S(=O)(=O)c2cnc3ccc(SC)cc3c2N2CCCN(C)CC2)cc1. The first-order valence-corrected chi connectivity index (χ1v) is 16.0. The van der Waals surface area contributed by atoms with E-state index in [1.807, 2.05) is 18.4 Å². The first kappa shape index (κ1) is 27.7. The number of thioether (sulfide) groups is 1. The Bertz CT molecular complexity index is 1280. The number of unbranched alkanes of at least 4 members (excludes halogenated alkanes) is 4. The second-order valence-electron chi connectivity index (χ2n) is 9.74. The Labute approximate surface area is 226 Å². The number of pyridine rings is 1. The molecule has 37 heavy (non-hydrogen) atoms. The molecule has 0 spiro atoms. The van der Waals surface area contributed by atoms with Crippen LogP contribution < -0.4 is 9.64 Å². The zero-order valence-electron chi connectivity index (χ0n) is 22.3. The van der Waals surface area contributed by atoms with Crippen LogP contribution in [0.1, 0.15) is 45.4 Å². The molecule has 2 heterocycles. The third-order valence-electron chi connectivity index (χ3n) is 6.99. The normalized spacial score (nSPS) is 15.2. The van der Waals surface area contributed by atoms with Crippen LogP contribution in [0.15, 0.2) is 63.3 Å². The minimum Gasteiger partial charge on any atom is -0.494 e. The third-order valence-corrected chi connectivity index (χ3v) is 9.48. The van der Waals surface area contributed by atoms with Gasteiger partial charge in [0.05, 0.1) is 22.7 Å². The highest BCUT2D eigenvalue weighted by atomic mass is 32.2. The van der Waals surface area contributed by atoms with Gasteiger partial charge < -0.3 is 14.5 Å². The number of benzene rings is 2. The van der Waals surface area contributed by atoms with Gasteiger partial charge >= 0.3 is 0 Å². The number of ether oxygens (including phenoxy) is 1. The van der Waals surface area contributed by atoms with Crippen molar-refractivity contribution in [2.24, 2.45) is 0 Å². The Morgan fingerprint density at radius 1 is 0.973 bits per heavy atom. The van der Waals surface area contributed by atoms with Crippen LogP contribution in [0.5, 0.6) is 5.75 Å². The number of sulfone groups is 1. The van der Waals surface area contributed by atoms with Crippen LogP contribution >= 0.6 is 11.8 Å². The fraction of sp³-hybridized carbons (Fsp3) is 0.483. The molecule has 2 aromatic carbocycles. The van der Waals surface area contributed by atoms with Crippen LogP contribution in [0.3, 0.4) is 0 Å². The van der Waals surface area contributed by atoms with Gasteiger partial charge in [-0.15, -0.1) is 11.8 Å². The molecule has 1 aromatic heterocycles. The molecule has 1 aliphatic heterocycles. The molecule has 0 bridgehead atoms. The number of rotatable bonds is 11. The van der Waals surface area contributed by atoms with Gasteiger partial charge in [-0.25, -0.2) is 8.42 Å². The van der Waals surface area contributed by atoms with Crippen LogP contribution in [0.2, 0.25) is 0 Å². The summed E-state index contributed by atoms with van der Waals surface area (Å²) in [5.74, 6) is 0.700. The summed E-state index contributed by atoms with van der Waals surface area (Å²) in [4.78, 5) is 10.7. The van der Waals surface area contributed by atoms with Gasteiger partial charge in [-0.2, -0.15) is 0 Å². The molecule has 1 fully saturated rings. The van der Waals surface area contributed by atoms with Gasteiger partial charge in [-0.1, -0.05) is 32.6 Å². The van der Waals surface area contributed by atoms with Crippen molar-refractivity contribution in [1.82, 2.24) is 9.88 Å². The Kier molecular flexibility index (Phi) is 9.73. The topological polar surface area (TPSA) is 62.7 Å². The van der Waals surface area contributed by atoms with E-state index in [2.05, 4.69) is 34.8 Å². The van der Waals surface area contributed by atoms with Gasteiger partial charge in [0.2, 0.25) is 9.84 Å². The first-order valence-electron chi connectivity index (χ1n) is 13.3. The van der Waals surface area contributed by atoms with Crippen LogP contribution in [0.25, 0.3) is 10.9 Å². The molecular formula is C29H39N3O3S2. The predicted molar refractivity (Wildman–Crippen MR) is 154 cm³/mol. The van der Waals surface area contributed by atoms with E-state index in [1.165, 1.54) is 19.3 Å². The van der Waals surface area contributed by atoms with E-state index in [4.69, 9.17) is 4.74 Å². The lowest BCUT2D eigenvalue weighted by atomic mass is 10.1. The van der Waals surface area contributed by atoms with Gasteiger partial charge in [-0.3, -0.25) is 4.98 Å². The van der Waals surface area contributed by atoms with Crippen molar-refractivity contribution in [2.75, 3.05) is 51.0 Å². The monoisotopic (exact) mass is 541 g/mol. The van der Waals surface area contributed by atoms with E-state index in [1.54, 1.807) is 42.2 Å². The van der Waals surface area contributed by atoms with E-state index in [9.17, 15) is 8.42 Å². The molecule has 0 aliphatic carbocycles. The molecule has 0 amide bonds. The largest absolute Gasteiger partial charge is 0.494 e. The Morgan fingerprint density at radius 2 is 1.76 bits per heavy atom. The van der Waals surface area contributed by atoms with Crippen molar-refractivity contribution in [3.8, 4) is 5.75 Å². The third kappa shape index (κ3) is 6.78. The van der Waals surface area contributed by atoms with Crippen molar-refractivity contribution >= 4 is 38.2 Å². The van der Waals surface area contributed by atoms with Crippen molar-refractivity contribution in [3.63, 3.8) is 0 Å². The number of fused-ring (bicyclic) bond motifs is 1. The lowest BCUT2D eigenvalue weighted by Crippen LogP contribution is -2.30. The number of nitrogens with zero attached hydrogens (tertiary/aromatic N) is 3. The van der Waals surface area contributed by atoms with E-state index in [0.717, 1.165) is 66.9 Å². The highest BCUT2D eigenvalue weighted by Crippen LogP contribution is 2.38. The molecule has 0 N–H and O–H groups in total. The quantitative estimate of drug-likeness (QED) is 0.209. The maximum Gasteiger partial charge on any atom is 0.210 e. The molecule has 6 nitrogen and oxygen atoms in total. The molecule has 3 aromatic rings. The summed E-state index contributed by atoms with van der Waals surface area (Å²) in [5, 5.41) is 0.889. The van der Waals surface area contributed by atoms with Crippen LogP contribution in [-0.4, -0.2) is 64.4 Å². The lowest BCUT2D eigenvalue weighted by Gasteiger charge is -2.27. The smallest absolute Gasteiger partial charge is 0.210 e. The van der Waals surface area contributed by atoms with Crippen molar-refractivity contribution in [1.29, 1.82) is 0 Å². The maximum atomic E-state index is 14.0. The number of aromatic nitrogens is 1. The minimum atomic E-state index is -3.79. The molecule has 200 valence electrons. The first-order chi connectivity index (χ1) is 17.9. The zero-order chi connectivity index (χ0) is 26.3. The van der Waals surface area contributed by atoms with E-state index < -0.39 is 9.84 Å². The zero-order valence-corrected chi connectivity index (χ0v) is 23.9. The standard InChI is InChI=1S/C29H39N3O3S2/c1-4-5-6-7-8-20-35-23-10-13-25(14-11-23)37(33,34)28-22-30-27-15-12-24(36-3)21-26(27)29(28)32-17-9-16-31(2)18-19-32/h10-15,21-22H,4-9,16-20H2,1-3H3. The number of anilines is 1. The average molecular weight is 542 g/mol. The van der Waals surface area contributed by atoms with Crippen LogP contribution in [0.4, 0.5) is 5.69 Å². The fourth-order valence-electron chi connectivity index (χ4n) is 4.80. The van der Waals surface area contributed by atoms with Crippen molar-refractivity contribution < 1.29 is 13.2 Å². The average Bonchev–Trinajstić information content (AvgIpc) is 3.14. The Morgan fingerprint density at radius 3 is 2.51 bits per heavy atom. The van der Waals surface area contributed by atoms with Gasteiger partial charge in [0, 0.05) is 36.1 Å². The van der Waals surface area contributed by atoms with Gasteiger partial charge in [0.25, 0.3) is 0 Å². The molecule has 4 rings (SSSR count). The molecular weight excluding hydrogens is 502 g/mol. The van der Waals surface area contributed by atoms with Crippen molar-refractivity contribution in [2.45, 2.75) is 60.1 Å². The summed E-state index contributed by atoms with van der Waals surface area (Å²) in [6.07, 6.45) is 10.4. The summed E-state index contributed by atoms with van der Waals surface area (Å²) in [6, 6.07) is 12.9. The Balaban J connectivity index is 1.65. The van der Waals surface area contributed by atoms with E-state index >= 15 is 0 Å². The number of likely N-dealkylation sites (N-methyl/N-ethyl adjacent to an activating group) is 1. The summed E-state index contributed by atoms with van der Waals surface area (Å²) in [6.45, 7) is 6.31. The molecule has 0 atom stereocenters. The van der Waals surface area contributed by atoms with E-state index in [-0.39, 0.29) is 9.79 Å². The summed E-state index contributed by atoms with van der Waals surface area (Å²) < 4.78 is 33.9. The number of hydrogen-bond acceptors (Lipinski definition) is 7. The Hall–Kier alpha value is -2.29. The fourth-order valence-corrected chi connectivity index (χ4v) is 6.67. The second-order valence-corrected chi connectivity index (χ2v) is 12.5. The molecule has 8 heteroatoms. The summed E-state index contributed by atoms with van der Waals surface area (Å²) >= 11 is 1.65. The molecule has 0 unspecified atom stereocenters. The summed E-state index contributed by atoms with van der Waals surface area (Å²) in [7, 11) is -1.67. The summed E-state index contributed by atoms with van der Waals surface area (Å²) in [5.41, 5.74) is 1.58. The molecule has 0 saturated carbocycles. The molecule has 0 radical (unpaired) electrons. The molecule has 1 saturated heterocycles. The van der Waals surface area contributed by atoms with Crippen LogP contribution in [0, 0.1) is 0 Å². The van der Waals surface area contributed by atoms with Gasteiger partial charge in [-0.05, 0) is 75.2 Å². The van der Waals surface area contributed by atoms with E-state index in [0.29, 0.717) is 12.4 Å². The predicted octanol–water partition coefficient (Wildman–Crippen LogP) is 6.28. The molecule has 1 aliphatic rings. The number of hydrogen-bond donors (Lipinski definition) is 0. The van der Waals surface area contributed by atoms with Gasteiger partial charge in [0.1, 0.15) is 10.6 Å². The van der Waals surface area contributed by atoms with Crippen LogP contribution in [-0.2, 0) is 9.84 Å². The minimum absolute atomic E-state index is 0.262.